The average molecular weight is 264 g/mol. The van der Waals surface area contributed by atoms with E-state index in [9.17, 15) is 0 Å². The van der Waals surface area contributed by atoms with Crippen LogP contribution in [-0.2, 0) is 9.47 Å². The summed E-state index contributed by atoms with van der Waals surface area (Å²) in [5, 5.41) is 0. The Balaban J connectivity index is 2.19. The fraction of sp³-hybridized carbons (Fsp3) is 0.625. The van der Waals surface area contributed by atoms with Crippen molar-refractivity contribution in [3.63, 3.8) is 0 Å². The smallest absolute Gasteiger partial charge is 0.158 e. The third-order valence-electron chi connectivity index (χ3n) is 3.87. The predicted octanol–water partition coefficient (Wildman–Crippen LogP) is 3.93. The van der Waals surface area contributed by atoms with Crippen LogP contribution < -0.4 is 4.74 Å². The molecule has 0 amide bonds. The van der Waals surface area contributed by atoms with Crippen LogP contribution in [0.25, 0.3) is 0 Å². The van der Waals surface area contributed by atoms with Crippen LogP contribution >= 0.6 is 0 Å². The second-order valence-electron chi connectivity index (χ2n) is 5.11. The Labute approximate surface area is 115 Å². The lowest BCUT2D eigenvalue weighted by molar-refractivity contribution is -0.269. The zero-order valence-electron chi connectivity index (χ0n) is 12.3. The summed E-state index contributed by atoms with van der Waals surface area (Å²) in [6, 6.07) is 8.15. The molecule has 2 rings (SSSR count). The largest absolute Gasteiger partial charge is 0.497 e. The molecule has 4 atom stereocenters. The Morgan fingerprint density at radius 1 is 1.05 bits per heavy atom. The summed E-state index contributed by atoms with van der Waals surface area (Å²) in [4.78, 5) is 0. The molecule has 1 heterocycles. The Kier molecular flexibility index (Phi) is 4.83. The van der Waals surface area contributed by atoms with Crippen molar-refractivity contribution in [2.45, 2.75) is 52.1 Å². The van der Waals surface area contributed by atoms with Gasteiger partial charge in [-0.3, -0.25) is 0 Å². The number of hydrogen-bond acceptors (Lipinski definition) is 3. The third kappa shape index (κ3) is 3.10. The van der Waals surface area contributed by atoms with Crippen LogP contribution in [-0.4, -0.2) is 19.5 Å². The highest BCUT2D eigenvalue weighted by molar-refractivity contribution is 5.29. The van der Waals surface area contributed by atoms with Crippen LogP contribution in [0.5, 0.6) is 5.75 Å². The zero-order valence-corrected chi connectivity index (χ0v) is 12.3. The van der Waals surface area contributed by atoms with Gasteiger partial charge < -0.3 is 14.2 Å². The molecular formula is C16H24O3. The van der Waals surface area contributed by atoms with E-state index in [1.165, 1.54) is 5.56 Å². The number of ether oxygens (including phenoxy) is 3. The second kappa shape index (κ2) is 6.40. The maximum absolute atomic E-state index is 6.08. The molecule has 0 aliphatic carbocycles. The summed E-state index contributed by atoms with van der Waals surface area (Å²) in [5.74, 6) is 1.24. The summed E-state index contributed by atoms with van der Waals surface area (Å²) in [7, 11) is 1.68. The van der Waals surface area contributed by atoms with E-state index < -0.39 is 0 Å². The van der Waals surface area contributed by atoms with Crippen molar-refractivity contribution in [2.75, 3.05) is 7.11 Å². The quantitative estimate of drug-likeness (QED) is 0.824. The van der Waals surface area contributed by atoms with Gasteiger partial charge in [0, 0.05) is 5.92 Å². The minimum absolute atomic E-state index is 0.0896. The minimum atomic E-state index is -0.0896. The van der Waals surface area contributed by atoms with Crippen LogP contribution in [0.4, 0.5) is 0 Å². The van der Waals surface area contributed by atoms with E-state index in [0.717, 1.165) is 18.6 Å². The van der Waals surface area contributed by atoms with E-state index in [1.807, 2.05) is 12.1 Å². The topological polar surface area (TPSA) is 27.7 Å². The van der Waals surface area contributed by atoms with Crippen LogP contribution in [0.3, 0.4) is 0 Å². The SMILES string of the molecule is CC[C@@H]1O[C@H](CC)[C@@H](C)[C@H](c2ccc(OC)cc2)O1. The van der Waals surface area contributed by atoms with Crippen LogP contribution in [0, 0.1) is 5.92 Å². The number of hydrogen-bond donors (Lipinski definition) is 0. The maximum Gasteiger partial charge on any atom is 0.158 e. The number of rotatable bonds is 4. The lowest BCUT2D eigenvalue weighted by atomic mass is 9.90. The van der Waals surface area contributed by atoms with Crippen molar-refractivity contribution >= 4 is 0 Å². The maximum atomic E-state index is 6.08. The van der Waals surface area contributed by atoms with Crippen molar-refractivity contribution in [2.24, 2.45) is 5.92 Å². The van der Waals surface area contributed by atoms with E-state index in [2.05, 4.69) is 32.9 Å². The molecule has 19 heavy (non-hydrogen) atoms. The Bertz CT molecular complexity index is 387. The molecule has 1 aliphatic rings. The summed E-state index contributed by atoms with van der Waals surface area (Å²) < 4.78 is 17.2. The molecule has 0 aromatic heterocycles. The molecule has 3 nitrogen and oxygen atoms in total. The van der Waals surface area contributed by atoms with Crippen LogP contribution in [0.1, 0.15) is 45.3 Å². The van der Waals surface area contributed by atoms with Gasteiger partial charge in [0.1, 0.15) is 5.75 Å². The highest BCUT2D eigenvalue weighted by Crippen LogP contribution is 2.38. The molecule has 0 bridgehead atoms. The summed E-state index contributed by atoms with van der Waals surface area (Å²) in [6.07, 6.45) is 2.19. The van der Waals surface area contributed by atoms with Crippen molar-refractivity contribution < 1.29 is 14.2 Å². The molecule has 1 aromatic rings. The zero-order chi connectivity index (χ0) is 13.8. The van der Waals surface area contributed by atoms with Gasteiger partial charge in [0.15, 0.2) is 6.29 Å². The van der Waals surface area contributed by atoms with E-state index >= 15 is 0 Å². The second-order valence-corrected chi connectivity index (χ2v) is 5.11. The average Bonchev–Trinajstić information content (AvgIpc) is 2.47. The summed E-state index contributed by atoms with van der Waals surface area (Å²) >= 11 is 0. The highest BCUT2D eigenvalue weighted by Gasteiger charge is 2.35. The van der Waals surface area contributed by atoms with Crippen molar-refractivity contribution in [3.8, 4) is 5.75 Å². The van der Waals surface area contributed by atoms with E-state index in [-0.39, 0.29) is 18.5 Å². The van der Waals surface area contributed by atoms with Gasteiger partial charge in [-0.1, -0.05) is 32.9 Å². The first-order valence-corrected chi connectivity index (χ1v) is 7.14. The summed E-state index contributed by atoms with van der Waals surface area (Å²) in [5.41, 5.74) is 1.20. The molecular weight excluding hydrogens is 240 g/mol. The molecule has 0 unspecified atom stereocenters. The van der Waals surface area contributed by atoms with Crippen molar-refractivity contribution in [3.05, 3.63) is 29.8 Å². The molecule has 0 N–H and O–H groups in total. The Morgan fingerprint density at radius 3 is 2.26 bits per heavy atom. The van der Waals surface area contributed by atoms with Gasteiger partial charge in [-0.15, -0.1) is 0 Å². The minimum Gasteiger partial charge on any atom is -0.497 e. The van der Waals surface area contributed by atoms with Gasteiger partial charge in [0.2, 0.25) is 0 Å². The third-order valence-corrected chi connectivity index (χ3v) is 3.87. The molecule has 3 heteroatoms. The van der Waals surface area contributed by atoms with Gasteiger partial charge in [-0.2, -0.15) is 0 Å². The normalized spacial score (nSPS) is 31.2. The van der Waals surface area contributed by atoms with Gasteiger partial charge in [-0.05, 0) is 30.5 Å². The number of methoxy groups -OCH3 is 1. The van der Waals surface area contributed by atoms with Crippen LogP contribution in [0.2, 0.25) is 0 Å². The Hall–Kier alpha value is -1.06. The van der Waals surface area contributed by atoms with E-state index in [0.29, 0.717) is 5.92 Å². The lowest BCUT2D eigenvalue weighted by Gasteiger charge is -2.40. The lowest BCUT2D eigenvalue weighted by Crippen LogP contribution is -2.40. The highest BCUT2D eigenvalue weighted by atomic mass is 16.7. The molecule has 0 saturated carbocycles. The first-order valence-electron chi connectivity index (χ1n) is 7.14. The molecule has 0 spiro atoms. The van der Waals surface area contributed by atoms with Gasteiger partial charge >= 0.3 is 0 Å². The molecule has 0 radical (unpaired) electrons. The first kappa shape index (κ1) is 14.4. The molecule has 1 fully saturated rings. The fourth-order valence-corrected chi connectivity index (χ4v) is 2.67. The number of benzene rings is 1. The van der Waals surface area contributed by atoms with Gasteiger partial charge in [-0.25, -0.2) is 0 Å². The first-order chi connectivity index (χ1) is 9.19. The van der Waals surface area contributed by atoms with E-state index in [1.54, 1.807) is 7.11 Å². The molecule has 1 saturated heterocycles. The molecule has 1 aromatic carbocycles. The van der Waals surface area contributed by atoms with Crippen molar-refractivity contribution in [1.82, 2.24) is 0 Å². The molecule has 1 aliphatic heterocycles. The van der Waals surface area contributed by atoms with Gasteiger partial charge in [0.25, 0.3) is 0 Å². The monoisotopic (exact) mass is 264 g/mol. The summed E-state index contributed by atoms with van der Waals surface area (Å²) in [6.45, 7) is 6.47. The van der Waals surface area contributed by atoms with Gasteiger partial charge in [0.05, 0.1) is 19.3 Å². The van der Waals surface area contributed by atoms with Crippen molar-refractivity contribution in [1.29, 1.82) is 0 Å². The van der Waals surface area contributed by atoms with E-state index in [4.69, 9.17) is 14.2 Å². The predicted molar refractivity (Wildman–Crippen MR) is 75.2 cm³/mol. The Morgan fingerprint density at radius 2 is 1.74 bits per heavy atom. The molecule has 106 valence electrons. The standard InChI is InChI=1S/C16H24O3/c1-5-14-11(3)16(19-15(6-2)18-14)12-7-9-13(17-4)10-8-12/h7-11,14-16H,5-6H2,1-4H3/t11-,14-,15-,16-/m1/s1. The van der Waals surface area contributed by atoms with Crippen LogP contribution in [0.15, 0.2) is 24.3 Å². The fourth-order valence-electron chi connectivity index (χ4n) is 2.67.